The van der Waals surface area contributed by atoms with Gasteiger partial charge in [0.2, 0.25) is 5.91 Å². The van der Waals surface area contributed by atoms with E-state index in [4.69, 9.17) is 0 Å². The quantitative estimate of drug-likeness (QED) is 0.620. The normalized spacial score (nSPS) is 12.2. The number of alkyl halides is 3. The molecular formula is C21H18F3N3O2. The topological polar surface area (TPSA) is 63.2 Å². The minimum atomic E-state index is -4.76. The first-order valence-corrected chi connectivity index (χ1v) is 8.75. The number of hydrogen-bond donors (Lipinski definition) is 2. The zero-order valence-electron chi connectivity index (χ0n) is 15.2. The maximum absolute atomic E-state index is 12.3. The van der Waals surface area contributed by atoms with Crippen LogP contribution in [0.5, 0.6) is 5.75 Å². The van der Waals surface area contributed by atoms with Gasteiger partial charge in [0.25, 0.3) is 0 Å². The van der Waals surface area contributed by atoms with Crippen LogP contribution in [0, 0.1) is 0 Å². The maximum atomic E-state index is 12.3. The molecule has 8 heteroatoms. The second-order valence-electron chi connectivity index (χ2n) is 6.10. The van der Waals surface area contributed by atoms with Gasteiger partial charge in [-0.15, -0.1) is 13.2 Å². The van der Waals surface area contributed by atoms with Gasteiger partial charge in [0.05, 0.1) is 18.3 Å². The Morgan fingerprint density at radius 3 is 2.28 bits per heavy atom. The first-order chi connectivity index (χ1) is 13.9. The van der Waals surface area contributed by atoms with E-state index in [1.165, 1.54) is 12.1 Å². The van der Waals surface area contributed by atoms with Gasteiger partial charge in [-0.2, -0.15) is 0 Å². The lowest BCUT2D eigenvalue weighted by molar-refractivity contribution is -0.274. The van der Waals surface area contributed by atoms with Crippen LogP contribution in [0.3, 0.4) is 0 Å². The van der Waals surface area contributed by atoms with Gasteiger partial charge in [-0.3, -0.25) is 15.1 Å². The molecular weight excluding hydrogens is 383 g/mol. The number of carbonyl (C=O) groups excluding carboxylic acids is 1. The molecule has 1 aromatic heterocycles. The van der Waals surface area contributed by atoms with Crippen LogP contribution >= 0.6 is 0 Å². The van der Waals surface area contributed by atoms with E-state index in [0.717, 1.165) is 23.4 Å². The van der Waals surface area contributed by atoms with E-state index in [1.54, 1.807) is 6.20 Å². The molecule has 1 amide bonds. The third-order valence-corrected chi connectivity index (χ3v) is 3.95. The van der Waals surface area contributed by atoms with Gasteiger partial charge in [0, 0.05) is 11.9 Å². The summed E-state index contributed by atoms with van der Waals surface area (Å²) < 4.78 is 40.4. The van der Waals surface area contributed by atoms with Gasteiger partial charge in [0.15, 0.2) is 0 Å². The van der Waals surface area contributed by atoms with Crippen LogP contribution < -0.4 is 15.4 Å². The third-order valence-electron chi connectivity index (χ3n) is 3.95. The van der Waals surface area contributed by atoms with Gasteiger partial charge < -0.3 is 10.1 Å². The van der Waals surface area contributed by atoms with Crippen LogP contribution in [-0.4, -0.2) is 23.8 Å². The number of rotatable bonds is 7. The number of benzene rings is 2. The standard InChI is InChI=1S/C21H18F3N3O2/c22-21(23,24)29-17-11-9-16(10-12-17)27-19(28)14-26-20(15-6-2-1-3-7-15)18-8-4-5-13-25-18/h1-13,20,26H,14H2,(H,27,28). The highest BCUT2D eigenvalue weighted by Crippen LogP contribution is 2.24. The lowest BCUT2D eigenvalue weighted by atomic mass is 10.0. The number of anilines is 1. The number of nitrogens with zero attached hydrogens (tertiary/aromatic N) is 1. The molecule has 0 radical (unpaired) electrons. The fraction of sp³-hybridized carbons (Fsp3) is 0.143. The van der Waals surface area contributed by atoms with Crippen LogP contribution in [0.4, 0.5) is 18.9 Å². The first kappa shape index (κ1) is 20.3. The monoisotopic (exact) mass is 401 g/mol. The highest BCUT2D eigenvalue weighted by atomic mass is 19.4. The fourth-order valence-corrected chi connectivity index (χ4v) is 2.73. The van der Waals surface area contributed by atoms with Crippen molar-refractivity contribution in [2.45, 2.75) is 12.4 Å². The molecule has 2 aromatic carbocycles. The van der Waals surface area contributed by atoms with E-state index < -0.39 is 6.36 Å². The maximum Gasteiger partial charge on any atom is 0.573 e. The predicted molar refractivity (Wildman–Crippen MR) is 102 cm³/mol. The molecule has 1 unspecified atom stereocenters. The molecule has 1 atom stereocenters. The number of aromatic nitrogens is 1. The number of halogens is 3. The van der Waals surface area contributed by atoms with E-state index in [2.05, 4.69) is 20.4 Å². The van der Waals surface area contributed by atoms with Crippen molar-refractivity contribution in [1.29, 1.82) is 0 Å². The summed E-state index contributed by atoms with van der Waals surface area (Å²) >= 11 is 0. The summed E-state index contributed by atoms with van der Waals surface area (Å²) in [6.45, 7) is -0.0169. The van der Waals surface area contributed by atoms with Gasteiger partial charge in [-0.1, -0.05) is 36.4 Å². The molecule has 3 rings (SSSR count). The van der Waals surface area contributed by atoms with Crippen molar-refractivity contribution in [3.8, 4) is 5.75 Å². The van der Waals surface area contributed by atoms with Gasteiger partial charge >= 0.3 is 6.36 Å². The summed E-state index contributed by atoms with van der Waals surface area (Å²) in [5, 5.41) is 5.80. The zero-order valence-corrected chi connectivity index (χ0v) is 15.2. The van der Waals surface area contributed by atoms with Crippen molar-refractivity contribution >= 4 is 11.6 Å². The number of ether oxygens (including phenoxy) is 1. The van der Waals surface area contributed by atoms with Crippen molar-refractivity contribution in [3.05, 3.63) is 90.3 Å². The second kappa shape index (κ2) is 9.20. The molecule has 1 heterocycles. The number of pyridine rings is 1. The molecule has 5 nitrogen and oxygen atoms in total. The van der Waals surface area contributed by atoms with E-state index in [-0.39, 0.29) is 24.2 Å². The molecule has 150 valence electrons. The van der Waals surface area contributed by atoms with E-state index in [0.29, 0.717) is 5.69 Å². The molecule has 2 N–H and O–H groups in total. The molecule has 0 bridgehead atoms. The second-order valence-corrected chi connectivity index (χ2v) is 6.10. The molecule has 29 heavy (non-hydrogen) atoms. The first-order valence-electron chi connectivity index (χ1n) is 8.75. The molecule has 0 aliphatic heterocycles. The van der Waals surface area contributed by atoms with Gasteiger partial charge in [-0.05, 0) is 42.0 Å². The Morgan fingerprint density at radius 1 is 0.966 bits per heavy atom. The summed E-state index contributed by atoms with van der Waals surface area (Å²) in [4.78, 5) is 16.6. The smallest absolute Gasteiger partial charge is 0.406 e. The van der Waals surface area contributed by atoms with E-state index in [1.807, 2.05) is 48.5 Å². The summed E-state index contributed by atoms with van der Waals surface area (Å²) in [7, 11) is 0. The van der Waals surface area contributed by atoms with Crippen LogP contribution in [0.15, 0.2) is 79.0 Å². The van der Waals surface area contributed by atoms with E-state index in [9.17, 15) is 18.0 Å². The summed E-state index contributed by atoms with van der Waals surface area (Å²) in [6, 6.07) is 19.8. The molecule has 0 fully saturated rings. The molecule has 0 spiro atoms. The number of nitrogens with one attached hydrogen (secondary N) is 2. The Kier molecular flexibility index (Phi) is 6.46. The lowest BCUT2D eigenvalue weighted by Crippen LogP contribution is -2.32. The van der Waals surface area contributed by atoms with E-state index >= 15 is 0 Å². The fourth-order valence-electron chi connectivity index (χ4n) is 2.73. The molecule has 3 aromatic rings. The summed E-state index contributed by atoms with van der Waals surface area (Å²) in [5.41, 5.74) is 2.08. The molecule has 0 aliphatic rings. The van der Waals surface area contributed by atoms with Crippen LogP contribution in [0.1, 0.15) is 17.3 Å². The van der Waals surface area contributed by atoms with Crippen LogP contribution in [0.2, 0.25) is 0 Å². The Bertz CT molecular complexity index is 878. The summed E-state index contributed by atoms with van der Waals surface area (Å²) in [6.07, 6.45) is -3.08. The number of carbonyl (C=O) groups is 1. The highest BCUT2D eigenvalue weighted by molar-refractivity contribution is 5.92. The van der Waals surface area contributed by atoms with Crippen molar-refractivity contribution in [1.82, 2.24) is 10.3 Å². The lowest BCUT2D eigenvalue weighted by Gasteiger charge is -2.18. The predicted octanol–water partition coefficient (Wildman–Crippen LogP) is 4.30. The molecule has 0 saturated heterocycles. The van der Waals surface area contributed by atoms with Crippen molar-refractivity contribution < 1.29 is 22.7 Å². The minimum absolute atomic E-state index is 0.0169. The molecule has 0 aliphatic carbocycles. The van der Waals surface area contributed by atoms with Crippen LogP contribution in [0.25, 0.3) is 0 Å². The number of amides is 1. The Balaban J connectivity index is 1.62. The van der Waals surface area contributed by atoms with Crippen LogP contribution in [-0.2, 0) is 4.79 Å². The highest BCUT2D eigenvalue weighted by Gasteiger charge is 2.31. The zero-order chi connectivity index (χ0) is 20.7. The molecule has 0 saturated carbocycles. The van der Waals surface area contributed by atoms with Crippen molar-refractivity contribution in [3.63, 3.8) is 0 Å². The van der Waals surface area contributed by atoms with Crippen molar-refractivity contribution in [2.75, 3.05) is 11.9 Å². The summed E-state index contributed by atoms with van der Waals surface area (Å²) in [5.74, 6) is -0.695. The Labute approximate surface area is 165 Å². The SMILES string of the molecule is O=C(CNC(c1ccccc1)c1ccccn1)Nc1ccc(OC(F)(F)F)cc1. The van der Waals surface area contributed by atoms with Gasteiger partial charge in [-0.25, -0.2) is 0 Å². The van der Waals surface area contributed by atoms with Gasteiger partial charge in [0.1, 0.15) is 5.75 Å². The minimum Gasteiger partial charge on any atom is -0.406 e. The Morgan fingerprint density at radius 2 is 1.66 bits per heavy atom. The average molecular weight is 401 g/mol. The third kappa shape index (κ3) is 6.32. The van der Waals surface area contributed by atoms with Crippen molar-refractivity contribution in [2.24, 2.45) is 0 Å². The Hall–Kier alpha value is -3.39. The average Bonchev–Trinajstić information content (AvgIpc) is 2.70. The number of hydrogen-bond acceptors (Lipinski definition) is 4. The largest absolute Gasteiger partial charge is 0.573 e.